The molecule has 0 amide bonds. The zero-order valence-corrected chi connectivity index (χ0v) is 10.7. The van der Waals surface area contributed by atoms with Gasteiger partial charge in [-0.1, -0.05) is 28.1 Å². The standard InChI is InChI=1S/C13H17BrO/c1-15-13-7-3-5-11-10(8-9-14)4-2-6-12(11)13/h3,5,7,10H,2,4,6,8-9H2,1H3/t10-/m1/s1. The van der Waals surface area contributed by atoms with Crippen LogP contribution in [0.4, 0.5) is 0 Å². The Bertz CT molecular complexity index is 335. The Morgan fingerprint density at radius 2 is 2.33 bits per heavy atom. The molecule has 0 bridgehead atoms. The number of hydrogen-bond donors (Lipinski definition) is 0. The molecule has 2 heteroatoms. The van der Waals surface area contributed by atoms with Crippen molar-refractivity contribution in [2.45, 2.75) is 31.6 Å². The molecule has 1 aromatic rings. The molecule has 0 unspecified atom stereocenters. The lowest BCUT2D eigenvalue weighted by Crippen LogP contribution is -2.11. The molecule has 0 saturated heterocycles. The summed E-state index contributed by atoms with van der Waals surface area (Å²) in [4.78, 5) is 0. The second-order valence-electron chi connectivity index (χ2n) is 4.09. The molecule has 15 heavy (non-hydrogen) atoms. The van der Waals surface area contributed by atoms with Crippen LogP contribution in [0.1, 0.15) is 36.3 Å². The molecular formula is C13H17BrO. The fourth-order valence-corrected chi connectivity index (χ4v) is 3.09. The van der Waals surface area contributed by atoms with Crippen LogP contribution in [0.3, 0.4) is 0 Å². The summed E-state index contributed by atoms with van der Waals surface area (Å²) in [7, 11) is 1.77. The van der Waals surface area contributed by atoms with Gasteiger partial charge in [0.2, 0.25) is 0 Å². The van der Waals surface area contributed by atoms with E-state index in [1.54, 1.807) is 7.11 Å². The highest BCUT2D eigenvalue weighted by Crippen LogP contribution is 2.38. The second-order valence-corrected chi connectivity index (χ2v) is 4.89. The summed E-state index contributed by atoms with van der Waals surface area (Å²) >= 11 is 3.54. The van der Waals surface area contributed by atoms with Gasteiger partial charge in [-0.05, 0) is 48.8 Å². The molecule has 2 rings (SSSR count). The number of rotatable bonds is 3. The molecule has 1 nitrogen and oxygen atoms in total. The predicted octanol–water partition coefficient (Wildman–Crippen LogP) is 3.90. The molecule has 0 aliphatic heterocycles. The molecule has 0 heterocycles. The van der Waals surface area contributed by atoms with Crippen LogP contribution in [0.5, 0.6) is 5.75 Å². The zero-order valence-electron chi connectivity index (χ0n) is 9.13. The average molecular weight is 269 g/mol. The van der Waals surface area contributed by atoms with E-state index in [4.69, 9.17) is 4.74 Å². The van der Waals surface area contributed by atoms with E-state index in [0.717, 1.165) is 17.0 Å². The van der Waals surface area contributed by atoms with Gasteiger partial charge in [0.05, 0.1) is 7.11 Å². The Balaban J connectivity index is 2.35. The summed E-state index contributed by atoms with van der Waals surface area (Å²) < 4.78 is 5.43. The third-order valence-corrected chi connectivity index (χ3v) is 3.72. The van der Waals surface area contributed by atoms with Crippen LogP contribution in [0.15, 0.2) is 18.2 Å². The first-order chi connectivity index (χ1) is 7.36. The first-order valence-electron chi connectivity index (χ1n) is 5.58. The van der Waals surface area contributed by atoms with Gasteiger partial charge >= 0.3 is 0 Å². The normalized spacial score (nSPS) is 19.7. The minimum atomic E-state index is 0.725. The number of alkyl halides is 1. The van der Waals surface area contributed by atoms with Crippen molar-refractivity contribution in [1.82, 2.24) is 0 Å². The maximum Gasteiger partial charge on any atom is 0.122 e. The van der Waals surface area contributed by atoms with Crippen LogP contribution in [-0.4, -0.2) is 12.4 Å². The number of halogens is 1. The van der Waals surface area contributed by atoms with Crippen molar-refractivity contribution in [2.24, 2.45) is 0 Å². The highest BCUT2D eigenvalue weighted by atomic mass is 79.9. The Morgan fingerprint density at radius 1 is 1.47 bits per heavy atom. The molecule has 1 aliphatic carbocycles. The topological polar surface area (TPSA) is 9.23 Å². The lowest BCUT2D eigenvalue weighted by Gasteiger charge is -2.26. The van der Waals surface area contributed by atoms with Crippen molar-refractivity contribution in [3.63, 3.8) is 0 Å². The third-order valence-electron chi connectivity index (χ3n) is 3.27. The van der Waals surface area contributed by atoms with Gasteiger partial charge in [0, 0.05) is 5.33 Å². The Hall–Kier alpha value is -0.500. The lowest BCUT2D eigenvalue weighted by molar-refractivity contribution is 0.402. The van der Waals surface area contributed by atoms with E-state index in [9.17, 15) is 0 Å². The van der Waals surface area contributed by atoms with E-state index in [0.29, 0.717) is 0 Å². The van der Waals surface area contributed by atoms with E-state index >= 15 is 0 Å². The minimum absolute atomic E-state index is 0.725. The first kappa shape index (κ1) is 11.0. The van der Waals surface area contributed by atoms with E-state index < -0.39 is 0 Å². The van der Waals surface area contributed by atoms with Gasteiger partial charge in [-0.25, -0.2) is 0 Å². The fourth-order valence-electron chi connectivity index (χ4n) is 2.54. The summed E-state index contributed by atoms with van der Waals surface area (Å²) in [5.74, 6) is 1.80. The van der Waals surface area contributed by atoms with Crippen LogP contribution >= 0.6 is 15.9 Å². The number of ether oxygens (including phenoxy) is 1. The van der Waals surface area contributed by atoms with Crippen molar-refractivity contribution in [3.8, 4) is 5.75 Å². The molecule has 0 spiro atoms. The van der Waals surface area contributed by atoms with Crippen LogP contribution in [0.2, 0.25) is 0 Å². The molecule has 0 aromatic heterocycles. The predicted molar refractivity (Wildman–Crippen MR) is 67.1 cm³/mol. The van der Waals surface area contributed by atoms with Crippen molar-refractivity contribution >= 4 is 15.9 Å². The van der Waals surface area contributed by atoms with Crippen LogP contribution in [0.25, 0.3) is 0 Å². The average Bonchev–Trinajstić information content (AvgIpc) is 2.29. The summed E-state index contributed by atoms with van der Waals surface area (Å²) in [5.41, 5.74) is 2.96. The third kappa shape index (κ3) is 2.20. The molecule has 1 aromatic carbocycles. The van der Waals surface area contributed by atoms with E-state index in [1.165, 1.54) is 36.8 Å². The number of fused-ring (bicyclic) bond motifs is 1. The Morgan fingerprint density at radius 3 is 3.07 bits per heavy atom. The maximum atomic E-state index is 5.43. The van der Waals surface area contributed by atoms with E-state index in [2.05, 4.69) is 34.1 Å². The number of benzene rings is 1. The van der Waals surface area contributed by atoms with Crippen LogP contribution in [-0.2, 0) is 6.42 Å². The fraction of sp³-hybridized carbons (Fsp3) is 0.538. The number of hydrogen-bond acceptors (Lipinski definition) is 1. The van der Waals surface area contributed by atoms with Crippen molar-refractivity contribution in [1.29, 1.82) is 0 Å². The van der Waals surface area contributed by atoms with Gasteiger partial charge in [-0.15, -0.1) is 0 Å². The largest absolute Gasteiger partial charge is 0.496 e. The maximum absolute atomic E-state index is 5.43. The smallest absolute Gasteiger partial charge is 0.122 e. The first-order valence-corrected chi connectivity index (χ1v) is 6.70. The van der Waals surface area contributed by atoms with Crippen molar-refractivity contribution in [2.75, 3.05) is 12.4 Å². The van der Waals surface area contributed by atoms with Gasteiger partial charge in [0.25, 0.3) is 0 Å². The molecule has 0 radical (unpaired) electrons. The molecule has 1 atom stereocenters. The van der Waals surface area contributed by atoms with Crippen molar-refractivity contribution in [3.05, 3.63) is 29.3 Å². The van der Waals surface area contributed by atoms with E-state index in [1.807, 2.05) is 0 Å². The lowest BCUT2D eigenvalue weighted by atomic mass is 9.81. The highest BCUT2D eigenvalue weighted by molar-refractivity contribution is 9.09. The molecule has 1 aliphatic rings. The highest BCUT2D eigenvalue weighted by Gasteiger charge is 2.21. The SMILES string of the molecule is COc1cccc2c1CCC[C@@H]2CCBr. The van der Waals surface area contributed by atoms with Gasteiger partial charge in [-0.2, -0.15) is 0 Å². The molecule has 0 fully saturated rings. The Kier molecular flexibility index (Phi) is 3.68. The monoisotopic (exact) mass is 268 g/mol. The summed E-state index contributed by atoms with van der Waals surface area (Å²) in [6, 6.07) is 6.46. The van der Waals surface area contributed by atoms with Crippen LogP contribution in [0, 0.1) is 0 Å². The number of methoxy groups -OCH3 is 1. The summed E-state index contributed by atoms with van der Waals surface area (Å²) in [6.07, 6.45) is 5.04. The quantitative estimate of drug-likeness (QED) is 0.756. The van der Waals surface area contributed by atoms with Crippen LogP contribution < -0.4 is 4.74 Å². The minimum Gasteiger partial charge on any atom is -0.496 e. The van der Waals surface area contributed by atoms with Crippen molar-refractivity contribution < 1.29 is 4.74 Å². The zero-order chi connectivity index (χ0) is 10.7. The molecule has 0 N–H and O–H groups in total. The van der Waals surface area contributed by atoms with Gasteiger partial charge < -0.3 is 4.74 Å². The molecule has 82 valence electrons. The van der Waals surface area contributed by atoms with Gasteiger partial charge in [0.15, 0.2) is 0 Å². The Labute approximate surface area is 100.0 Å². The second kappa shape index (κ2) is 5.02. The summed E-state index contributed by atoms with van der Waals surface area (Å²) in [5, 5.41) is 1.09. The van der Waals surface area contributed by atoms with E-state index in [-0.39, 0.29) is 0 Å². The van der Waals surface area contributed by atoms with Gasteiger partial charge in [0.1, 0.15) is 5.75 Å². The molecular weight excluding hydrogens is 252 g/mol. The molecule has 0 saturated carbocycles. The van der Waals surface area contributed by atoms with Gasteiger partial charge in [-0.3, -0.25) is 0 Å². The summed E-state index contributed by atoms with van der Waals surface area (Å²) in [6.45, 7) is 0.